The molecule has 0 aliphatic heterocycles. The lowest BCUT2D eigenvalue weighted by Gasteiger charge is -2.26. The van der Waals surface area contributed by atoms with Crippen molar-refractivity contribution in [3.8, 4) is 11.5 Å². The molecule has 5 N–H and O–H groups in total. The van der Waals surface area contributed by atoms with Gasteiger partial charge in [0.2, 0.25) is 0 Å². The first kappa shape index (κ1) is 27.1. The van der Waals surface area contributed by atoms with Crippen LogP contribution in [0.1, 0.15) is 31.4 Å². The molecule has 2 aromatic rings. The van der Waals surface area contributed by atoms with E-state index in [0.29, 0.717) is 18.2 Å². The molecule has 33 heavy (non-hydrogen) atoms. The Morgan fingerprint density at radius 2 is 1.67 bits per heavy atom. The molecule has 2 rings (SSSR count). The van der Waals surface area contributed by atoms with E-state index in [1.54, 1.807) is 0 Å². The van der Waals surface area contributed by atoms with Gasteiger partial charge in [0, 0.05) is 23.2 Å². The van der Waals surface area contributed by atoms with Crippen molar-refractivity contribution in [3.05, 3.63) is 71.6 Å². The van der Waals surface area contributed by atoms with Crippen molar-refractivity contribution in [3.63, 3.8) is 0 Å². The van der Waals surface area contributed by atoms with Gasteiger partial charge < -0.3 is 25.3 Å². The lowest BCUT2D eigenvalue weighted by Crippen LogP contribution is -2.37. The van der Waals surface area contributed by atoms with Crippen LogP contribution < -0.4 is 21.1 Å². The summed E-state index contributed by atoms with van der Waals surface area (Å²) in [6.45, 7) is 5.09. The Morgan fingerprint density at radius 1 is 1.12 bits per heavy atom. The van der Waals surface area contributed by atoms with Gasteiger partial charge in [-0.05, 0) is 41.8 Å². The summed E-state index contributed by atoms with van der Waals surface area (Å²) in [6.07, 6.45) is 1.37. The second-order valence-corrected chi connectivity index (χ2v) is 9.07. The maximum Gasteiger partial charge on any atom is 0.119 e. The van der Waals surface area contributed by atoms with Crippen molar-refractivity contribution in [2.75, 3.05) is 31.4 Å². The van der Waals surface area contributed by atoms with Crippen LogP contribution in [0, 0.1) is 0 Å². The first-order chi connectivity index (χ1) is 15.8. The first-order valence-electron chi connectivity index (χ1n) is 10.7. The Kier molecular flexibility index (Phi) is 11.1. The highest BCUT2D eigenvalue weighted by Crippen LogP contribution is 2.33. The van der Waals surface area contributed by atoms with Crippen LogP contribution in [0.2, 0.25) is 0 Å². The molecule has 0 saturated heterocycles. The largest absolute Gasteiger partial charge is 0.494 e. The second kappa shape index (κ2) is 13.5. The van der Waals surface area contributed by atoms with Crippen molar-refractivity contribution >= 4 is 23.7 Å². The van der Waals surface area contributed by atoms with Crippen LogP contribution in [0.5, 0.6) is 11.5 Å². The van der Waals surface area contributed by atoms with E-state index in [9.17, 15) is 8.99 Å². The zero-order valence-corrected chi connectivity index (χ0v) is 20.6. The summed E-state index contributed by atoms with van der Waals surface area (Å²) in [7, 11) is 0. The van der Waals surface area contributed by atoms with Crippen molar-refractivity contribution in [2.45, 2.75) is 31.8 Å². The minimum atomic E-state index is -0.835. The number of benzene rings is 2. The standard InChI is InChI=1S/C24H33ClFN3O3S/c1-24(2,18-4-8-22(9-5-18)31-13-3-12-25)19-6-10-23(11-7-19)32-16-21(30)15-29(28)14-20(27)17-33-26/h4-11,14,21,30H,3,12-13,15-17,27-28H2,1-2H3/b20-14-. The number of hydrogen-bond acceptors (Lipinski definition) is 7. The molecular weight excluding hydrogens is 465 g/mol. The zero-order chi connectivity index (χ0) is 24.3. The predicted octanol–water partition coefficient (Wildman–Crippen LogP) is 4.35. The summed E-state index contributed by atoms with van der Waals surface area (Å²) < 4.78 is 23.6. The van der Waals surface area contributed by atoms with Gasteiger partial charge in [0.1, 0.15) is 24.2 Å². The normalized spacial score (nSPS) is 13.0. The number of aliphatic hydroxyl groups is 1. The summed E-state index contributed by atoms with van der Waals surface area (Å²) in [5.74, 6) is 7.84. The fourth-order valence-corrected chi connectivity index (χ4v) is 3.51. The Morgan fingerprint density at radius 3 is 2.18 bits per heavy atom. The van der Waals surface area contributed by atoms with Crippen LogP contribution >= 0.6 is 23.7 Å². The monoisotopic (exact) mass is 497 g/mol. The molecule has 9 heteroatoms. The third-order valence-corrected chi connectivity index (χ3v) is 5.83. The van der Waals surface area contributed by atoms with Gasteiger partial charge in [-0.15, -0.1) is 11.6 Å². The van der Waals surface area contributed by atoms with Gasteiger partial charge >= 0.3 is 0 Å². The van der Waals surface area contributed by atoms with Gasteiger partial charge in [-0.25, -0.2) is 5.84 Å². The molecule has 0 saturated carbocycles. The highest BCUT2D eigenvalue weighted by Gasteiger charge is 2.23. The van der Waals surface area contributed by atoms with Gasteiger partial charge in [-0.3, -0.25) is 0 Å². The number of alkyl halides is 1. The van der Waals surface area contributed by atoms with Gasteiger partial charge in [-0.2, -0.15) is 3.89 Å². The molecule has 0 spiro atoms. The summed E-state index contributed by atoms with van der Waals surface area (Å²) in [5, 5.41) is 11.4. The van der Waals surface area contributed by atoms with Crippen molar-refractivity contribution in [2.24, 2.45) is 11.6 Å². The molecule has 2 aromatic carbocycles. The number of nitrogens with two attached hydrogens (primary N) is 2. The van der Waals surface area contributed by atoms with Crippen LogP contribution in [0.15, 0.2) is 60.4 Å². The third kappa shape index (κ3) is 8.97. The summed E-state index contributed by atoms with van der Waals surface area (Å²) in [5.41, 5.74) is 7.97. The Bertz CT molecular complexity index is 866. The van der Waals surface area contributed by atoms with E-state index in [2.05, 4.69) is 26.0 Å². The van der Waals surface area contributed by atoms with Gasteiger partial charge in [0.25, 0.3) is 0 Å². The number of aliphatic hydroxyl groups excluding tert-OH is 1. The third-order valence-electron chi connectivity index (χ3n) is 5.12. The fourth-order valence-electron chi connectivity index (χ4n) is 3.20. The summed E-state index contributed by atoms with van der Waals surface area (Å²) >= 11 is 5.80. The number of hydrogen-bond donors (Lipinski definition) is 3. The van der Waals surface area contributed by atoms with Crippen LogP contribution in [-0.4, -0.2) is 47.6 Å². The van der Waals surface area contributed by atoms with Crippen molar-refractivity contribution in [1.82, 2.24) is 5.01 Å². The highest BCUT2D eigenvalue weighted by atomic mass is 35.5. The fraction of sp³-hybridized carbons (Fsp3) is 0.417. The first-order valence-corrected chi connectivity index (χ1v) is 12.1. The maximum absolute atomic E-state index is 12.2. The molecule has 0 radical (unpaired) electrons. The van der Waals surface area contributed by atoms with Gasteiger partial charge in [0.15, 0.2) is 0 Å². The average Bonchev–Trinajstić information content (AvgIpc) is 2.78. The molecule has 0 fully saturated rings. The molecule has 0 amide bonds. The van der Waals surface area contributed by atoms with E-state index in [4.69, 9.17) is 32.7 Å². The van der Waals surface area contributed by atoms with E-state index in [-0.39, 0.29) is 42.2 Å². The molecule has 6 nitrogen and oxygen atoms in total. The van der Waals surface area contributed by atoms with E-state index in [1.165, 1.54) is 11.2 Å². The Hall–Kier alpha value is -2.13. The molecule has 182 valence electrons. The quantitative estimate of drug-likeness (QED) is 0.154. The van der Waals surface area contributed by atoms with E-state index >= 15 is 0 Å². The van der Waals surface area contributed by atoms with Crippen LogP contribution in [0.4, 0.5) is 3.89 Å². The van der Waals surface area contributed by atoms with Crippen LogP contribution in [0.3, 0.4) is 0 Å². The highest BCUT2D eigenvalue weighted by molar-refractivity contribution is 7.94. The maximum atomic E-state index is 12.2. The molecule has 0 aliphatic carbocycles. The number of nitrogens with zero attached hydrogens (tertiary/aromatic N) is 1. The van der Waals surface area contributed by atoms with Crippen LogP contribution in [-0.2, 0) is 5.41 Å². The smallest absolute Gasteiger partial charge is 0.119 e. The predicted molar refractivity (Wildman–Crippen MR) is 134 cm³/mol. The zero-order valence-electron chi connectivity index (χ0n) is 19.0. The van der Waals surface area contributed by atoms with E-state index in [1.807, 2.05) is 36.4 Å². The molecule has 0 heterocycles. The summed E-state index contributed by atoms with van der Waals surface area (Å²) in [4.78, 5) is 0. The van der Waals surface area contributed by atoms with Crippen LogP contribution in [0.25, 0.3) is 0 Å². The second-order valence-electron chi connectivity index (χ2n) is 8.18. The van der Waals surface area contributed by atoms with Crippen molar-refractivity contribution in [1.29, 1.82) is 0 Å². The minimum absolute atomic E-state index is 0.0233. The molecule has 0 bridgehead atoms. The molecule has 0 aliphatic rings. The van der Waals surface area contributed by atoms with E-state index in [0.717, 1.165) is 23.3 Å². The SMILES string of the molecule is CC(C)(c1ccc(OCCCCl)cc1)c1ccc(OCC(O)CN(N)/C=C(\N)CSF)cc1. The molecule has 1 atom stereocenters. The molecule has 1 unspecified atom stereocenters. The van der Waals surface area contributed by atoms with Gasteiger partial charge in [0.05, 0.1) is 31.1 Å². The topological polar surface area (TPSA) is 94.0 Å². The number of hydrazine groups is 1. The number of halogens is 2. The summed E-state index contributed by atoms with van der Waals surface area (Å²) in [6, 6.07) is 15.9. The Labute approximate surface area is 204 Å². The number of ether oxygens (including phenoxy) is 2. The molecule has 0 aromatic heterocycles. The Balaban J connectivity index is 1.91. The van der Waals surface area contributed by atoms with E-state index < -0.39 is 6.10 Å². The van der Waals surface area contributed by atoms with Gasteiger partial charge in [-0.1, -0.05) is 38.1 Å². The average molecular weight is 498 g/mol. The number of rotatable bonds is 14. The lowest BCUT2D eigenvalue weighted by atomic mass is 9.78. The minimum Gasteiger partial charge on any atom is -0.494 e. The molecular formula is C24H33ClFN3O3S. The lowest BCUT2D eigenvalue weighted by molar-refractivity contribution is 0.0817. The van der Waals surface area contributed by atoms with Crippen molar-refractivity contribution < 1.29 is 18.5 Å².